The van der Waals surface area contributed by atoms with Crippen molar-refractivity contribution in [1.82, 2.24) is 4.98 Å². The van der Waals surface area contributed by atoms with Crippen LogP contribution in [0.3, 0.4) is 0 Å². The van der Waals surface area contributed by atoms with Gasteiger partial charge in [-0.2, -0.15) is 0 Å². The maximum Gasteiger partial charge on any atom is 0.120 e. The molecule has 0 saturated carbocycles. The maximum atomic E-state index is 5.29. The molecule has 0 amide bonds. The minimum atomic E-state index is 0.844. The van der Waals surface area contributed by atoms with Gasteiger partial charge in [-0.1, -0.05) is 30.3 Å². The minimum Gasteiger partial charge on any atom is -0.497 e. The predicted molar refractivity (Wildman–Crippen MR) is 92.1 cm³/mol. The number of fused-ring (bicyclic) bond motifs is 3. The molecule has 0 unspecified atom stereocenters. The molecular formula is C19H16N2O. The van der Waals surface area contributed by atoms with Crippen LogP contribution in [0.5, 0.6) is 5.75 Å². The SMILES string of the molecule is COc1cccc(Nc2cccc3[nH]c4ccccc4c23)c1. The number of aromatic amines is 1. The molecule has 4 rings (SSSR count). The van der Waals surface area contributed by atoms with Crippen molar-refractivity contribution in [2.45, 2.75) is 0 Å². The normalized spacial score (nSPS) is 11.0. The second kappa shape index (κ2) is 5.11. The molecule has 0 saturated heterocycles. The minimum absolute atomic E-state index is 0.844. The van der Waals surface area contributed by atoms with Crippen LogP contribution in [0.15, 0.2) is 66.7 Å². The number of hydrogen-bond acceptors (Lipinski definition) is 2. The Hall–Kier alpha value is -2.94. The Balaban J connectivity index is 1.87. The first-order valence-corrected chi connectivity index (χ1v) is 7.26. The zero-order valence-corrected chi connectivity index (χ0v) is 12.3. The molecule has 0 bridgehead atoms. The summed E-state index contributed by atoms with van der Waals surface area (Å²) in [5.74, 6) is 0.844. The zero-order valence-electron chi connectivity index (χ0n) is 12.3. The Morgan fingerprint density at radius 2 is 1.68 bits per heavy atom. The van der Waals surface area contributed by atoms with Crippen molar-refractivity contribution in [3.05, 3.63) is 66.7 Å². The second-order valence-electron chi connectivity index (χ2n) is 5.26. The van der Waals surface area contributed by atoms with Gasteiger partial charge in [-0.3, -0.25) is 0 Å². The summed E-state index contributed by atoms with van der Waals surface area (Å²) in [5, 5.41) is 5.93. The fourth-order valence-corrected chi connectivity index (χ4v) is 2.86. The van der Waals surface area contributed by atoms with Crippen molar-refractivity contribution in [3.63, 3.8) is 0 Å². The quantitative estimate of drug-likeness (QED) is 0.552. The molecule has 108 valence electrons. The molecule has 22 heavy (non-hydrogen) atoms. The molecule has 3 aromatic carbocycles. The largest absolute Gasteiger partial charge is 0.497 e. The molecule has 0 aliphatic carbocycles. The summed E-state index contributed by atoms with van der Waals surface area (Å²) in [4.78, 5) is 3.46. The van der Waals surface area contributed by atoms with Gasteiger partial charge in [0.05, 0.1) is 7.11 Å². The number of hydrogen-bond donors (Lipinski definition) is 2. The van der Waals surface area contributed by atoms with E-state index in [1.54, 1.807) is 7.11 Å². The van der Waals surface area contributed by atoms with Gasteiger partial charge in [0.25, 0.3) is 0 Å². The molecule has 0 atom stereocenters. The summed E-state index contributed by atoms with van der Waals surface area (Å²) < 4.78 is 5.29. The average molecular weight is 288 g/mol. The third-order valence-electron chi connectivity index (χ3n) is 3.88. The number of ether oxygens (including phenoxy) is 1. The van der Waals surface area contributed by atoms with E-state index in [-0.39, 0.29) is 0 Å². The van der Waals surface area contributed by atoms with Crippen LogP contribution in [-0.2, 0) is 0 Å². The van der Waals surface area contributed by atoms with E-state index in [0.29, 0.717) is 0 Å². The van der Waals surface area contributed by atoms with Crippen LogP contribution < -0.4 is 10.1 Å². The number of rotatable bonds is 3. The van der Waals surface area contributed by atoms with Gasteiger partial charge in [-0.05, 0) is 30.3 Å². The Kier molecular flexibility index (Phi) is 2.97. The molecule has 0 fully saturated rings. The molecule has 1 aromatic heterocycles. The first kappa shape index (κ1) is 12.8. The lowest BCUT2D eigenvalue weighted by Crippen LogP contribution is -1.92. The smallest absolute Gasteiger partial charge is 0.120 e. The Bertz CT molecular complexity index is 956. The molecule has 1 heterocycles. The summed E-state index contributed by atoms with van der Waals surface area (Å²) >= 11 is 0. The van der Waals surface area contributed by atoms with Gasteiger partial charge in [0.1, 0.15) is 5.75 Å². The number of anilines is 2. The van der Waals surface area contributed by atoms with Gasteiger partial charge < -0.3 is 15.0 Å². The summed E-state index contributed by atoms with van der Waals surface area (Å²) in [6.07, 6.45) is 0. The van der Waals surface area contributed by atoms with Crippen molar-refractivity contribution in [3.8, 4) is 5.75 Å². The van der Waals surface area contributed by atoms with Gasteiger partial charge in [0.2, 0.25) is 0 Å². The van der Waals surface area contributed by atoms with Crippen molar-refractivity contribution >= 4 is 33.2 Å². The molecule has 4 aromatic rings. The number of methoxy groups -OCH3 is 1. The van der Waals surface area contributed by atoms with Gasteiger partial charge in [0.15, 0.2) is 0 Å². The van der Waals surface area contributed by atoms with Crippen LogP contribution in [0, 0.1) is 0 Å². The summed E-state index contributed by atoms with van der Waals surface area (Å²) in [6.45, 7) is 0. The maximum absolute atomic E-state index is 5.29. The Morgan fingerprint density at radius 3 is 2.59 bits per heavy atom. The zero-order chi connectivity index (χ0) is 14.9. The number of benzene rings is 3. The van der Waals surface area contributed by atoms with E-state index < -0.39 is 0 Å². The Labute approximate surface area is 128 Å². The van der Waals surface area contributed by atoms with Crippen molar-refractivity contribution in [2.24, 2.45) is 0 Å². The lowest BCUT2D eigenvalue weighted by atomic mass is 10.1. The highest BCUT2D eigenvalue weighted by Crippen LogP contribution is 2.33. The van der Waals surface area contributed by atoms with Crippen molar-refractivity contribution in [2.75, 3.05) is 12.4 Å². The second-order valence-corrected chi connectivity index (χ2v) is 5.26. The lowest BCUT2D eigenvalue weighted by molar-refractivity contribution is 0.415. The molecule has 3 heteroatoms. The van der Waals surface area contributed by atoms with Crippen LogP contribution in [0.2, 0.25) is 0 Å². The molecular weight excluding hydrogens is 272 g/mol. The van der Waals surface area contributed by atoms with E-state index in [9.17, 15) is 0 Å². The third-order valence-corrected chi connectivity index (χ3v) is 3.88. The first-order valence-electron chi connectivity index (χ1n) is 7.26. The lowest BCUT2D eigenvalue weighted by Gasteiger charge is -2.09. The number of H-pyrrole nitrogens is 1. The average Bonchev–Trinajstić information content (AvgIpc) is 2.94. The Morgan fingerprint density at radius 1 is 0.864 bits per heavy atom. The van der Waals surface area contributed by atoms with Crippen molar-refractivity contribution in [1.29, 1.82) is 0 Å². The number of nitrogens with one attached hydrogen (secondary N) is 2. The molecule has 3 nitrogen and oxygen atoms in total. The summed E-state index contributed by atoms with van der Waals surface area (Å²) in [6, 6.07) is 22.6. The van der Waals surface area contributed by atoms with E-state index in [0.717, 1.165) is 28.2 Å². The van der Waals surface area contributed by atoms with E-state index in [1.165, 1.54) is 10.8 Å². The van der Waals surface area contributed by atoms with Crippen LogP contribution in [0.1, 0.15) is 0 Å². The fraction of sp³-hybridized carbons (Fsp3) is 0.0526. The van der Waals surface area contributed by atoms with Crippen molar-refractivity contribution < 1.29 is 4.74 Å². The summed E-state index contributed by atoms with van der Waals surface area (Å²) in [7, 11) is 1.68. The standard InChI is InChI=1S/C19H16N2O/c1-22-14-7-4-6-13(12-14)20-17-10-5-11-18-19(17)15-8-2-3-9-16(15)21-18/h2-12,20-21H,1H3. The highest BCUT2D eigenvalue weighted by atomic mass is 16.5. The van der Waals surface area contributed by atoms with Gasteiger partial charge >= 0.3 is 0 Å². The molecule has 0 radical (unpaired) electrons. The first-order chi connectivity index (χ1) is 10.8. The molecule has 0 spiro atoms. The van der Waals surface area contributed by atoms with Crippen LogP contribution >= 0.6 is 0 Å². The van der Waals surface area contributed by atoms with E-state index >= 15 is 0 Å². The van der Waals surface area contributed by atoms with Gasteiger partial charge in [-0.25, -0.2) is 0 Å². The number of aromatic nitrogens is 1. The molecule has 2 N–H and O–H groups in total. The van der Waals surface area contributed by atoms with E-state index in [4.69, 9.17) is 4.74 Å². The summed E-state index contributed by atoms with van der Waals surface area (Å²) in [5.41, 5.74) is 4.38. The molecule has 0 aliphatic rings. The third kappa shape index (κ3) is 2.07. The van der Waals surface area contributed by atoms with Crippen LogP contribution in [0.25, 0.3) is 21.8 Å². The predicted octanol–water partition coefficient (Wildman–Crippen LogP) is 5.07. The number of para-hydroxylation sites is 1. The van der Waals surface area contributed by atoms with E-state index in [2.05, 4.69) is 46.7 Å². The highest BCUT2D eigenvalue weighted by Gasteiger charge is 2.08. The molecule has 0 aliphatic heterocycles. The van der Waals surface area contributed by atoms with E-state index in [1.807, 2.05) is 30.3 Å². The fourth-order valence-electron chi connectivity index (χ4n) is 2.86. The highest BCUT2D eigenvalue weighted by molar-refractivity contribution is 6.13. The van der Waals surface area contributed by atoms with Crippen LogP contribution in [0.4, 0.5) is 11.4 Å². The monoisotopic (exact) mass is 288 g/mol. The van der Waals surface area contributed by atoms with Gasteiger partial charge in [0, 0.05) is 39.2 Å². The van der Waals surface area contributed by atoms with Gasteiger partial charge in [-0.15, -0.1) is 0 Å². The topological polar surface area (TPSA) is 37.0 Å². The van der Waals surface area contributed by atoms with Crippen LogP contribution in [-0.4, -0.2) is 12.1 Å².